The zero-order valence-corrected chi connectivity index (χ0v) is 14.7. The van der Waals surface area contributed by atoms with Gasteiger partial charge in [0.25, 0.3) is 5.91 Å². The van der Waals surface area contributed by atoms with Crippen LogP contribution in [0.3, 0.4) is 0 Å². The van der Waals surface area contributed by atoms with Gasteiger partial charge in [-0.15, -0.1) is 0 Å². The molecule has 4 rings (SSSR count). The summed E-state index contributed by atoms with van der Waals surface area (Å²) >= 11 is 0. The zero-order valence-electron chi connectivity index (χ0n) is 14.7. The summed E-state index contributed by atoms with van der Waals surface area (Å²) in [6.07, 6.45) is 6.90. The van der Waals surface area contributed by atoms with Gasteiger partial charge in [0.2, 0.25) is 0 Å². The number of amides is 2. The minimum Gasteiger partial charge on any atom is -0.441 e. The smallest absolute Gasteiger partial charge is 0.410 e. The van der Waals surface area contributed by atoms with Crippen LogP contribution in [0.1, 0.15) is 61.2 Å². The van der Waals surface area contributed by atoms with E-state index < -0.39 is 0 Å². The van der Waals surface area contributed by atoms with Crippen molar-refractivity contribution in [1.82, 2.24) is 15.0 Å². The number of likely N-dealkylation sites (tertiary alicyclic amines) is 1. The summed E-state index contributed by atoms with van der Waals surface area (Å²) in [7, 11) is 0. The van der Waals surface area contributed by atoms with Crippen LogP contribution in [0.5, 0.6) is 0 Å². The fraction of sp³-hybridized carbons (Fsp3) is 0.722. The SMILES string of the molecule is Cc1cc(C(=O)N2CCC(N3CC4(CCCCC4)OC3=O)CC2)no1. The Morgan fingerprint density at radius 2 is 1.96 bits per heavy atom. The van der Waals surface area contributed by atoms with E-state index in [1.807, 2.05) is 4.90 Å². The molecule has 0 radical (unpaired) electrons. The highest BCUT2D eigenvalue weighted by Crippen LogP contribution is 2.38. The molecule has 3 aliphatic rings. The highest BCUT2D eigenvalue weighted by atomic mass is 16.6. The van der Waals surface area contributed by atoms with Gasteiger partial charge >= 0.3 is 6.09 Å². The third kappa shape index (κ3) is 3.12. The van der Waals surface area contributed by atoms with Gasteiger partial charge in [0.05, 0.1) is 6.54 Å². The maximum atomic E-state index is 12.4. The molecule has 2 aliphatic heterocycles. The van der Waals surface area contributed by atoms with E-state index in [4.69, 9.17) is 9.26 Å². The van der Waals surface area contributed by atoms with E-state index in [1.165, 1.54) is 6.42 Å². The Labute approximate surface area is 147 Å². The maximum Gasteiger partial charge on any atom is 0.410 e. The van der Waals surface area contributed by atoms with Crippen molar-refractivity contribution in [2.24, 2.45) is 0 Å². The first-order valence-corrected chi connectivity index (χ1v) is 9.29. The fourth-order valence-corrected chi connectivity index (χ4v) is 4.40. The van der Waals surface area contributed by atoms with Gasteiger partial charge in [0.1, 0.15) is 11.4 Å². The summed E-state index contributed by atoms with van der Waals surface area (Å²) in [5, 5.41) is 3.81. The summed E-state index contributed by atoms with van der Waals surface area (Å²) in [5.41, 5.74) is 0.109. The standard InChI is InChI=1S/C18H25N3O4/c1-13-11-15(19-25-13)16(22)20-9-5-14(6-10-20)21-12-18(24-17(21)23)7-3-2-4-8-18/h11,14H,2-10,12H2,1H3. The van der Waals surface area contributed by atoms with Crippen molar-refractivity contribution in [2.45, 2.75) is 63.5 Å². The van der Waals surface area contributed by atoms with E-state index in [0.29, 0.717) is 31.1 Å². The second-order valence-electron chi connectivity index (χ2n) is 7.59. The van der Waals surface area contributed by atoms with Gasteiger partial charge in [0.15, 0.2) is 5.69 Å². The van der Waals surface area contributed by atoms with Gasteiger partial charge in [0, 0.05) is 25.2 Å². The molecule has 7 heteroatoms. The van der Waals surface area contributed by atoms with Gasteiger partial charge in [-0.2, -0.15) is 0 Å². The molecule has 1 aromatic heterocycles. The molecule has 1 saturated carbocycles. The largest absolute Gasteiger partial charge is 0.441 e. The topological polar surface area (TPSA) is 75.9 Å². The van der Waals surface area contributed by atoms with Gasteiger partial charge in [-0.3, -0.25) is 4.79 Å². The van der Waals surface area contributed by atoms with Crippen LogP contribution in [0.4, 0.5) is 4.79 Å². The molecule has 0 atom stereocenters. The van der Waals surface area contributed by atoms with Crippen LogP contribution in [-0.4, -0.2) is 58.2 Å². The Hall–Kier alpha value is -2.05. The predicted octanol–water partition coefficient (Wildman–Crippen LogP) is 2.74. The first-order valence-electron chi connectivity index (χ1n) is 9.29. The van der Waals surface area contributed by atoms with Gasteiger partial charge in [-0.25, -0.2) is 4.79 Å². The van der Waals surface area contributed by atoms with E-state index >= 15 is 0 Å². The first kappa shape index (κ1) is 16.4. The fourth-order valence-electron chi connectivity index (χ4n) is 4.40. The minimum absolute atomic E-state index is 0.0944. The second-order valence-corrected chi connectivity index (χ2v) is 7.59. The second kappa shape index (κ2) is 6.35. The van der Waals surface area contributed by atoms with Crippen molar-refractivity contribution in [1.29, 1.82) is 0 Å². The molecule has 0 N–H and O–H groups in total. The average molecular weight is 347 g/mol. The van der Waals surface area contributed by atoms with Crippen LogP contribution >= 0.6 is 0 Å². The third-order valence-electron chi connectivity index (χ3n) is 5.80. The van der Waals surface area contributed by atoms with Crippen LogP contribution in [0.25, 0.3) is 0 Å². The molecule has 2 amide bonds. The summed E-state index contributed by atoms with van der Waals surface area (Å²) in [5.74, 6) is 0.541. The highest BCUT2D eigenvalue weighted by molar-refractivity contribution is 5.92. The van der Waals surface area contributed by atoms with E-state index in [2.05, 4.69) is 5.16 Å². The minimum atomic E-state index is -0.249. The molecule has 0 unspecified atom stereocenters. The monoisotopic (exact) mass is 347 g/mol. The van der Waals surface area contributed by atoms with Crippen LogP contribution in [0, 0.1) is 6.92 Å². The number of hydrogen-bond donors (Lipinski definition) is 0. The van der Waals surface area contributed by atoms with Crippen molar-refractivity contribution in [3.05, 3.63) is 17.5 Å². The summed E-state index contributed by atoms with van der Waals surface area (Å²) in [4.78, 5) is 28.5. The maximum absolute atomic E-state index is 12.4. The summed E-state index contributed by atoms with van der Waals surface area (Å²) < 4.78 is 10.8. The normalized spacial score (nSPS) is 24.0. The molecule has 0 bridgehead atoms. The van der Waals surface area contributed by atoms with Crippen LogP contribution in [0.15, 0.2) is 10.6 Å². The van der Waals surface area contributed by atoms with Crippen molar-refractivity contribution in [3.63, 3.8) is 0 Å². The number of aryl methyl sites for hydroxylation is 1. The lowest BCUT2D eigenvalue weighted by atomic mass is 9.84. The molecule has 25 heavy (non-hydrogen) atoms. The van der Waals surface area contributed by atoms with E-state index in [-0.39, 0.29) is 23.6 Å². The molecule has 1 aromatic rings. The van der Waals surface area contributed by atoms with Crippen molar-refractivity contribution in [3.8, 4) is 0 Å². The highest BCUT2D eigenvalue weighted by Gasteiger charge is 2.48. The number of rotatable bonds is 2. The van der Waals surface area contributed by atoms with Crippen LogP contribution in [0.2, 0.25) is 0 Å². The summed E-state index contributed by atoms with van der Waals surface area (Å²) in [6, 6.07) is 1.83. The molecular weight excluding hydrogens is 322 g/mol. The molecule has 0 aromatic carbocycles. The molecule has 136 valence electrons. The lowest BCUT2D eigenvalue weighted by Gasteiger charge is -2.36. The molecule has 2 saturated heterocycles. The first-order chi connectivity index (χ1) is 12.1. The number of carbonyl (C=O) groups is 2. The van der Waals surface area contributed by atoms with E-state index in [1.54, 1.807) is 17.9 Å². The Morgan fingerprint density at radius 3 is 2.60 bits per heavy atom. The number of carbonyl (C=O) groups excluding carboxylic acids is 2. The molecule has 7 nitrogen and oxygen atoms in total. The van der Waals surface area contributed by atoms with Crippen LogP contribution in [-0.2, 0) is 4.74 Å². The number of aromatic nitrogens is 1. The number of hydrogen-bond acceptors (Lipinski definition) is 5. The molecule has 3 fully saturated rings. The third-order valence-corrected chi connectivity index (χ3v) is 5.80. The Balaban J connectivity index is 1.35. The number of nitrogens with zero attached hydrogens (tertiary/aromatic N) is 3. The van der Waals surface area contributed by atoms with Crippen molar-refractivity contribution < 1.29 is 18.8 Å². The van der Waals surface area contributed by atoms with Gasteiger partial charge in [-0.05, 0) is 45.4 Å². The predicted molar refractivity (Wildman–Crippen MR) is 89.2 cm³/mol. The van der Waals surface area contributed by atoms with E-state index in [0.717, 1.165) is 38.5 Å². The Morgan fingerprint density at radius 1 is 1.24 bits per heavy atom. The molecule has 1 spiro atoms. The molecular formula is C18H25N3O4. The Kier molecular flexibility index (Phi) is 4.17. The Bertz CT molecular complexity index is 657. The quantitative estimate of drug-likeness (QED) is 0.822. The van der Waals surface area contributed by atoms with Gasteiger partial charge in [-0.1, -0.05) is 11.6 Å². The van der Waals surface area contributed by atoms with Crippen LogP contribution < -0.4 is 0 Å². The van der Waals surface area contributed by atoms with Crippen molar-refractivity contribution in [2.75, 3.05) is 19.6 Å². The lowest BCUT2D eigenvalue weighted by Crippen LogP contribution is -2.48. The molecule has 3 heterocycles. The zero-order chi connectivity index (χ0) is 17.4. The number of ether oxygens (including phenoxy) is 1. The lowest BCUT2D eigenvalue weighted by molar-refractivity contribution is 0.0259. The molecule has 1 aliphatic carbocycles. The van der Waals surface area contributed by atoms with Gasteiger partial charge < -0.3 is 19.1 Å². The van der Waals surface area contributed by atoms with Crippen molar-refractivity contribution >= 4 is 12.0 Å². The van der Waals surface area contributed by atoms with E-state index in [9.17, 15) is 9.59 Å². The number of piperidine rings is 1. The average Bonchev–Trinajstić information content (AvgIpc) is 3.19. The summed E-state index contributed by atoms with van der Waals surface area (Å²) in [6.45, 7) is 3.75.